The van der Waals surface area contributed by atoms with Crippen molar-refractivity contribution >= 4 is 33.2 Å². The first-order valence-corrected chi connectivity index (χ1v) is 5.81. The summed E-state index contributed by atoms with van der Waals surface area (Å²) in [6, 6.07) is 3.53. The Hall–Kier alpha value is -1.51. The van der Waals surface area contributed by atoms with E-state index >= 15 is 0 Å². The summed E-state index contributed by atoms with van der Waals surface area (Å²) in [5.74, 6) is 2.15. The minimum Gasteiger partial charge on any atom is -0.378 e. The van der Waals surface area contributed by atoms with Crippen LogP contribution in [0.4, 0.5) is 11.4 Å². The predicted molar refractivity (Wildman–Crippen MR) is 69.8 cm³/mol. The molecule has 88 valence electrons. The highest BCUT2D eigenvalue weighted by molar-refractivity contribution is 9.10. The summed E-state index contributed by atoms with van der Waals surface area (Å²) in [4.78, 5) is 13.2. The summed E-state index contributed by atoms with van der Waals surface area (Å²) in [5, 5.41) is 12.3. The number of hydrogen-bond acceptors (Lipinski definition) is 3. The number of amides is 1. The Morgan fingerprint density at radius 2 is 2.35 bits per heavy atom. The molecule has 1 atom stereocenters. The van der Waals surface area contributed by atoms with Crippen LogP contribution in [0.5, 0.6) is 0 Å². The third kappa shape index (κ3) is 2.02. The minimum absolute atomic E-state index is 0.399. The molecule has 0 aromatic heterocycles. The molecular formula is C12H11BrN2O2. The molecule has 0 aliphatic carbocycles. The quantitative estimate of drug-likeness (QED) is 0.813. The number of carbonyl (C=O) groups is 1. The van der Waals surface area contributed by atoms with Gasteiger partial charge in [-0.1, -0.05) is 5.92 Å². The van der Waals surface area contributed by atoms with Crippen LogP contribution in [0.15, 0.2) is 16.6 Å². The summed E-state index contributed by atoms with van der Waals surface area (Å²) in [6.45, 7) is 0.466. The van der Waals surface area contributed by atoms with Crippen molar-refractivity contribution in [3.63, 3.8) is 0 Å². The molecule has 1 unspecified atom stereocenters. The van der Waals surface area contributed by atoms with E-state index in [0.717, 1.165) is 10.2 Å². The van der Waals surface area contributed by atoms with Crippen LogP contribution in [0.2, 0.25) is 0 Å². The molecule has 0 fully saturated rings. The Bertz CT molecular complexity index is 522. The highest BCUT2D eigenvalue weighted by Gasteiger charge is 2.29. The van der Waals surface area contributed by atoms with Gasteiger partial charge in [0.1, 0.15) is 0 Å². The van der Waals surface area contributed by atoms with Crippen LogP contribution < -0.4 is 10.2 Å². The van der Waals surface area contributed by atoms with Gasteiger partial charge in [-0.05, 0) is 28.1 Å². The summed E-state index contributed by atoms with van der Waals surface area (Å²) in [5.41, 5.74) is 2.08. The number of fused-ring (bicyclic) bond motifs is 1. The van der Waals surface area contributed by atoms with E-state index in [9.17, 15) is 9.90 Å². The first kappa shape index (κ1) is 12.0. The van der Waals surface area contributed by atoms with E-state index in [0.29, 0.717) is 17.8 Å². The number of terminal acetylenes is 1. The molecule has 0 saturated heterocycles. The van der Waals surface area contributed by atoms with Crippen LogP contribution in [0.3, 0.4) is 0 Å². The standard InChI is InChI=1S/C12H11BrN2O2/c1-3-4-15(2)10-6-9-7(5-8(10)13)11(16)12(17)14-9/h1,5-6,11,16H,4H2,2H3,(H,14,17). The number of nitrogens with zero attached hydrogens (tertiary/aromatic N) is 1. The molecule has 5 heteroatoms. The Labute approximate surface area is 108 Å². The average Bonchev–Trinajstić information content (AvgIpc) is 2.55. The van der Waals surface area contributed by atoms with Crippen LogP contribution in [0.25, 0.3) is 0 Å². The van der Waals surface area contributed by atoms with Crippen molar-refractivity contribution in [2.24, 2.45) is 0 Å². The van der Waals surface area contributed by atoms with Gasteiger partial charge in [0.05, 0.1) is 12.2 Å². The minimum atomic E-state index is -1.09. The van der Waals surface area contributed by atoms with Gasteiger partial charge in [0, 0.05) is 22.8 Å². The molecule has 0 saturated carbocycles. The second-order valence-electron chi connectivity index (χ2n) is 3.84. The number of hydrogen-bond donors (Lipinski definition) is 2. The molecule has 1 aliphatic heterocycles. The lowest BCUT2D eigenvalue weighted by Gasteiger charge is -2.19. The molecular weight excluding hydrogens is 284 g/mol. The average molecular weight is 295 g/mol. The molecule has 1 aromatic rings. The van der Waals surface area contributed by atoms with Crippen molar-refractivity contribution < 1.29 is 9.90 Å². The topological polar surface area (TPSA) is 52.6 Å². The van der Waals surface area contributed by atoms with Crippen molar-refractivity contribution in [3.05, 3.63) is 22.2 Å². The first-order valence-electron chi connectivity index (χ1n) is 5.01. The molecule has 2 rings (SSSR count). The molecule has 2 N–H and O–H groups in total. The highest BCUT2D eigenvalue weighted by Crippen LogP contribution is 2.38. The fourth-order valence-electron chi connectivity index (χ4n) is 1.77. The van der Waals surface area contributed by atoms with Gasteiger partial charge in [-0.2, -0.15) is 0 Å². The lowest BCUT2D eigenvalue weighted by Crippen LogP contribution is -2.17. The van der Waals surface area contributed by atoms with Crippen LogP contribution in [-0.2, 0) is 4.79 Å². The summed E-state index contributed by atoms with van der Waals surface area (Å²) in [7, 11) is 1.86. The van der Waals surface area contributed by atoms with E-state index in [1.165, 1.54) is 0 Å². The van der Waals surface area contributed by atoms with Crippen molar-refractivity contribution in [2.45, 2.75) is 6.10 Å². The fourth-order valence-corrected chi connectivity index (χ4v) is 2.43. The Morgan fingerprint density at radius 1 is 1.65 bits per heavy atom. The zero-order valence-corrected chi connectivity index (χ0v) is 10.8. The number of nitrogens with one attached hydrogen (secondary N) is 1. The van der Waals surface area contributed by atoms with E-state index in [1.54, 1.807) is 12.1 Å². The molecule has 1 heterocycles. The lowest BCUT2D eigenvalue weighted by molar-refractivity contribution is -0.123. The largest absolute Gasteiger partial charge is 0.378 e. The monoisotopic (exact) mass is 294 g/mol. The SMILES string of the molecule is C#CCN(C)c1cc2c(cc1Br)C(O)C(=O)N2. The molecule has 17 heavy (non-hydrogen) atoms. The van der Waals surface area contributed by atoms with Gasteiger partial charge in [0.15, 0.2) is 6.10 Å². The van der Waals surface area contributed by atoms with Gasteiger partial charge >= 0.3 is 0 Å². The number of aliphatic hydroxyl groups excluding tert-OH is 1. The third-order valence-corrected chi connectivity index (χ3v) is 3.29. The van der Waals surface area contributed by atoms with E-state index in [2.05, 4.69) is 27.2 Å². The maximum absolute atomic E-state index is 11.3. The van der Waals surface area contributed by atoms with Crippen LogP contribution in [0.1, 0.15) is 11.7 Å². The van der Waals surface area contributed by atoms with Gasteiger partial charge < -0.3 is 15.3 Å². The molecule has 0 radical (unpaired) electrons. The second-order valence-corrected chi connectivity index (χ2v) is 4.70. The zero-order valence-electron chi connectivity index (χ0n) is 9.20. The summed E-state index contributed by atoms with van der Waals surface area (Å²) in [6.07, 6.45) is 4.17. The molecule has 4 nitrogen and oxygen atoms in total. The number of benzene rings is 1. The third-order valence-electron chi connectivity index (χ3n) is 2.66. The molecule has 0 spiro atoms. The molecule has 0 bridgehead atoms. The normalized spacial score (nSPS) is 17.3. The van der Waals surface area contributed by atoms with Crippen molar-refractivity contribution in [2.75, 3.05) is 23.8 Å². The summed E-state index contributed by atoms with van der Waals surface area (Å²) >= 11 is 3.41. The fraction of sp³-hybridized carbons (Fsp3) is 0.250. The predicted octanol–water partition coefficient (Wildman–Crippen LogP) is 1.50. The van der Waals surface area contributed by atoms with Crippen LogP contribution in [0, 0.1) is 12.3 Å². The first-order chi connectivity index (χ1) is 8.04. The molecule has 1 aromatic carbocycles. The van der Waals surface area contributed by atoms with Crippen LogP contribution >= 0.6 is 15.9 Å². The van der Waals surface area contributed by atoms with Gasteiger partial charge in [-0.15, -0.1) is 6.42 Å². The van der Waals surface area contributed by atoms with Gasteiger partial charge in [0.2, 0.25) is 0 Å². The van der Waals surface area contributed by atoms with E-state index < -0.39 is 12.0 Å². The van der Waals surface area contributed by atoms with E-state index in [4.69, 9.17) is 6.42 Å². The van der Waals surface area contributed by atoms with Gasteiger partial charge in [-0.3, -0.25) is 4.79 Å². The Morgan fingerprint density at radius 3 is 3.00 bits per heavy atom. The number of anilines is 2. The van der Waals surface area contributed by atoms with Gasteiger partial charge in [0.25, 0.3) is 5.91 Å². The Kier molecular flexibility index (Phi) is 3.09. The Balaban J connectivity index is 2.44. The number of aliphatic hydroxyl groups is 1. The second kappa shape index (κ2) is 4.40. The van der Waals surface area contributed by atoms with E-state index in [1.807, 2.05) is 11.9 Å². The van der Waals surface area contributed by atoms with Crippen molar-refractivity contribution in [1.82, 2.24) is 0 Å². The number of halogens is 1. The smallest absolute Gasteiger partial charge is 0.257 e. The van der Waals surface area contributed by atoms with Crippen molar-refractivity contribution in [3.8, 4) is 12.3 Å². The molecule has 1 amide bonds. The van der Waals surface area contributed by atoms with Crippen molar-refractivity contribution in [1.29, 1.82) is 0 Å². The molecule has 1 aliphatic rings. The summed E-state index contributed by atoms with van der Waals surface area (Å²) < 4.78 is 0.796. The van der Waals surface area contributed by atoms with E-state index in [-0.39, 0.29) is 0 Å². The zero-order chi connectivity index (χ0) is 12.6. The highest BCUT2D eigenvalue weighted by atomic mass is 79.9. The number of rotatable bonds is 2. The van der Waals surface area contributed by atoms with Crippen LogP contribution in [-0.4, -0.2) is 24.6 Å². The van der Waals surface area contributed by atoms with Gasteiger partial charge in [-0.25, -0.2) is 0 Å². The number of carbonyl (C=O) groups excluding carboxylic acids is 1. The maximum atomic E-state index is 11.3. The maximum Gasteiger partial charge on any atom is 0.257 e. The lowest BCUT2D eigenvalue weighted by atomic mass is 10.1.